The van der Waals surface area contributed by atoms with Crippen molar-refractivity contribution in [3.63, 3.8) is 0 Å². The topological polar surface area (TPSA) is 91.2 Å². The number of rotatable bonds is 7. The maximum absolute atomic E-state index is 12.3. The van der Waals surface area contributed by atoms with E-state index in [1.165, 1.54) is 11.8 Å². The van der Waals surface area contributed by atoms with Crippen molar-refractivity contribution in [3.05, 3.63) is 55.3 Å². The highest BCUT2D eigenvalue weighted by Gasteiger charge is 2.17. The molecule has 8 nitrogen and oxygen atoms in total. The fraction of sp³-hybridized carbons (Fsp3) is 0.158. The number of amides is 1. The largest absolute Gasteiger partial charge is 0.454 e. The first-order chi connectivity index (χ1) is 13.7. The zero-order chi connectivity index (χ0) is 19.3. The molecule has 9 heteroatoms. The monoisotopic (exact) mass is 395 g/mol. The van der Waals surface area contributed by atoms with Gasteiger partial charge in [0.15, 0.2) is 22.5 Å². The van der Waals surface area contributed by atoms with Crippen molar-refractivity contribution in [1.82, 2.24) is 19.7 Å². The van der Waals surface area contributed by atoms with E-state index in [2.05, 4.69) is 27.1 Å². The second-order valence-electron chi connectivity index (χ2n) is 5.83. The molecule has 0 aliphatic carbocycles. The van der Waals surface area contributed by atoms with Gasteiger partial charge in [-0.25, -0.2) is 0 Å². The number of thioether (sulfide) groups is 1. The summed E-state index contributed by atoms with van der Waals surface area (Å²) >= 11 is 1.30. The van der Waals surface area contributed by atoms with Gasteiger partial charge in [0.25, 0.3) is 0 Å². The van der Waals surface area contributed by atoms with Crippen LogP contribution < -0.4 is 14.8 Å². The fourth-order valence-electron chi connectivity index (χ4n) is 2.68. The normalized spacial score (nSPS) is 12.0. The molecule has 3 heterocycles. The van der Waals surface area contributed by atoms with Gasteiger partial charge in [-0.1, -0.05) is 23.9 Å². The molecule has 28 heavy (non-hydrogen) atoms. The summed E-state index contributed by atoms with van der Waals surface area (Å²) in [6.45, 7) is 4.50. The molecule has 0 radical (unpaired) electrons. The van der Waals surface area contributed by atoms with Crippen molar-refractivity contribution in [1.29, 1.82) is 0 Å². The molecule has 3 aromatic rings. The highest BCUT2D eigenvalue weighted by Crippen LogP contribution is 2.34. The van der Waals surface area contributed by atoms with E-state index in [1.54, 1.807) is 30.5 Å². The van der Waals surface area contributed by atoms with Crippen molar-refractivity contribution >= 4 is 23.4 Å². The van der Waals surface area contributed by atoms with E-state index in [4.69, 9.17) is 9.47 Å². The number of carbonyl (C=O) groups excluding carboxylic acids is 1. The van der Waals surface area contributed by atoms with Crippen LogP contribution in [0.25, 0.3) is 11.5 Å². The average molecular weight is 395 g/mol. The molecular weight excluding hydrogens is 378 g/mol. The Hall–Kier alpha value is -3.33. The molecule has 0 saturated heterocycles. The lowest BCUT2D eigenvalue weighted by molar-refractivity contribution is -0.113. The SMILES string of the molecule is C=CCn1c(SCC(=O)Nc2ccc3c(c2)OCO3)nnc1-c1ccccn1. The third kappa shape index (κ3) is 3.84. The van der Waals surface area contributed by atoms with E-state index in [1.807, 2.05) is 22.8 Å². The van der Waals surface area contributed by atoms with Gasteiger partial charge in [0.1, 0.15) is 5.69 Å². The second-order valence-corrected chi connectivity index (χ2v) is 6.77. The van der Waals surface area contributed by atoms with Gasteiger partial charge in [-0.05, 0) is 24.3 Å². The van der Waals surface area contributed by atoms with E-state index in [0.29, 0.717) is 40.4 Å². The number of nitrogens with one attached hydrogen (secondary N) is 1. The van der Waals surface area contributed by atoms with Gasteiger partial charge < -0.3 is 14.8 Å². The summed E-state index contributed by atoms with van der Waals surface area (Å²) < 4.78 is 12.5. The van der Waals surface area contributed by atoms with Crippen molar-refractivity contribution in [3.8, 4) is 23.0 Å². The molecule has 0 bridgehead atoms. The molecule has 0 atom stereocenters. The standard InChI is InChI=1S/C19H17N5O3S/c1-2-9-24-18(14-5-3-4-8-20-14)22-23-19(24)28-11-17(25)21-13-6-7-15-16(10-13)27-12-26-15/h2-8,10H,1,9,11-12H2,(H,21,25). The number of pyridine rings is 1. The molecule has 1 aliphatic rings. The molecule has 0 fully saturated rings. The number of hydrogen-bond donors (Lipinski definition) is 1. The molecule has 1 N–H and O–H groups in total. The molecular formula is C19H17N5O3S. The number of carbonyl (C=O) groups is 1. The fourth-order valence-corrected chi connectivity index (χ4v) is 3.42. The average Bonchev–Trinajstić information content (AvgIpc) is 3.34. The Bertz CT molecular complexity index is 1010. The minimum atomic E-state index is -0.156. The highest BCUT2D eigenvalue weighted by molar-refractivity contribution is 7.99. The Balaban J connectivity index is 1.43. The van der Waals surface area contributed by atoms with Crippen LogP contribution in [0.2, 0.25) is 0 Å². The number of nitrogens with zero attached hydrogens (tertiary/aromatic N) is 4. The Morgan fingerprint density at radius 2 is 2.14 bits per heavy atom. The first kappa shape index (κ1) is 18.1. The van der Waals surface area contributed by atoms with E-state index >= 15 is 0 Å². The maximum Gasteiger partial charge on any atom is 0.234 e. The molecule has 0 saturated carbocycles. The smallest absolute Gasteiger partial charge is 0.234 e. The van der Waals surface area contributed by atoms with E-state index in [-0.39, 0.29) is 18.5 Å². The summed E-state index contributed by atoms with van der Waals surface area (Å²) in [6.07, 6.45) is 3.46. The molecule has 1 amide bonds. The van der Waals surface area contributed by atoms with Crippen LogP contribution in [0.15, 0.2) is 60.4 Å². The van der Waals surface area contributed by atoms with Crippen LogP contribution >= 0.6 is 11.8 Å². The molecule has 1 aliphatic heterocycles. The number of anilines is 1. The summed E-state index contributed by atoms with van der Waals surface area (Å²) in [5, 5.41) is 11.9. The van der Waals surface area contributed by atoms with Gasteiger partial charge in [0, 0.05) is 24.5 Å². The van der Waals surface area contributed by atoms with E-state index < -0.39 is 0 Å². The van der Waals surface area contributed by atoms with Gasteiger partial charge in [0.05, 0.1) is 5.75 Å². The molecule has 4 rings (SSSR count). The van der Waals surface area contributed by atoms with Gasteiger partial charge in [-0.2, -0.15) is 0 Å². The van der Waals surface area contributed by atoms with Gasteiger partial charge in [-0.3, -0.25) is 14.3 Å². The summed E-state index contributed by atoms with van der Waals surface area (Å²) in [6, 6.07) is 10.9. The quantitative estimate of drug-likeness (QED) is 0.486. The van der Waals surface area contributed by atoms with Crippen LogP contribution in [0.4, 0.5) is 5.69 Å². The van der Waals surface area contributed by atoms with Gasteiger partial charge in [0.2, 0.25) is 12.7 Å². The van der Waals surface area contributed by atoms with Crippen molar-refractivity contribution in [2.45, 2.75) is 11.7 Å². The Morgan fingerprint density at radius 3 is 2.96 bits per heavy atom. The summed E-state index contributed by atoms with van der Waals surface area (Å²) in [5.74, 6) is 1.96. The lowest BCUT2D eigenvalue weighted by Gasteiger charge is -2.08. The summed E-state index contributed by atoms with van der Waals surface area (Å²) in [7, 11) is 0. The Labute approximate surface area is 165 Å². The molecule has 0 spiro atoms. The maximum atomic E-state index is 12.3. The van der Waals surface area contributed by atoms with Crippen LogP contribution in [0.5, 0.6) is 11.5 Å². The molecule has 142 valence electrons. The number of allylic oxidation sites excluding steroid dienone is 1. The molecule has 0 unspecified atom stereocenters. The van der Waals surface area contributed by atoms with Crippen LogP contribution in [-0.4, -0.2) is 38.2 Å². The third-order valence-corrected chi connectivity index (χ3v) is 4.88. The second kappa shape index (κ2) is 8.13. The minimum absolute atomic E-state index is 0.156. The van der Waals surface area contributed by atoms with Crippen LogP contribution in [0.3, 0.4) is 0 Å². The lowest BCUT2D eigenvalue weighted by Crippen LogP contribution is -2.14. The molecule has 2 aromatic heterocycles. The van der Waals surface area contributed by atoms with E-state index in [9.17, 15) is 4.79 Å². The zero-order valence-corrected chi connectivity index (χ0v) is 15.7. The Kier molecular flexibility index (Phi) is 5.24. The van der Waals surface area contributed by atoms with Gasteiger partial charge >= 0.3 is 0 Å². The number of ether oxygens (including phenoxy) is 2. The van der Waals surface area contributed by atoms with Crippen molar-refractivity contribution in [2.24, 2.45) is 0 Å². The first-order valence-corrected chi connectivity index (χ1v) is 9.51. The van der Waals surface area contributed by atoms with Crippen LogP contribution in [0.1, 0.15) is 0 Å². The third-order valence-electron chi connectivity index (χ3n) is 3.91. The predicted octanol–water partition coefficient (Wildman–Crippen LogP) is 2.99. The zero-order valence-electron chi connectivity index (χ0n) is 14.9. The van der Waals surface area contributed by atoms with Crippen LogP contribution in [-0.2, 0) is 11.3 Å². The number of benzene rings is 1. The van der Waals surface area contributed by atoms with E-state index in [0.717, 1.165) is 0 Å². The number of aromatic nitrogens is 4. The summed E-state index contributed by atoms with van der Waals surface area (Å²) in [5.41, 5.74) is 1.37. The number of hydrogen-bond acceptors (Lipinski definition) is 7. The number of fused-ring (bicyclic) bond motifs is 1. The first-order valence-electron chi connectivity index (χ1n) is 8.52. The van der Waals surface area contributed by atoms with Crippen LogP contribution in [0, 0.1) is 0 Å². The molecule has 1 aromatic carbocycles. The minimum Gasteiger partial charge on any atom is -0.454 e. The lowest BCUT2D eigenvalue weighted by atomic mass is 10.3. The summed E-state index contributed by atoms with van der Waals surface area (Å²) in [4.78, 5) is 16.7. The van der Waals surface area contributed by atoms with Crippen molar-refractivity contribution < 1.29 is 14.3 Å². The van der Waals surface area contributed by atoms with Gasteiger partial charge in [-0.15, -0.1) is 16.8 Å². The Morgan fingerprint density at radius 1 is 1.25 bits per heavy atom. The highest BCUT2D eigenvalue weighted by atomic mass is 32.2. The van der Waals surface area contributed by atoms with Crippen molar-refractivity contribution in [2.75, 3.05) is 17.9 Å². The predicted molar refractivity (Wildman–Crippen MR) is 105 cm³/mol.